The third-order valence-electron chi connectivity index (χ3n) is 13.1. The van der Waals surface area contributed by atoms with Crippen LogP contribution < -0.4 is 5.32 Å². The molecular weight excluding hydrogens is 819 g/mol. The van der Waals surface area contributed by atoms with E-state index in [1.807, 2.05) is 6.08 Å². The van der Waals surface area contributed by atoms with Gasteiger partial charge in [-0.05, 0) is 70.6 Å². The Bertz CT molecular complexity index is 1190. The standard InChI is InChI=1S/C63H113NO3/c1-3-5-7-9-11-13-15-17-19-21-23-25-27-28-29-30-31-32-33-34-35-36-37-39-41-43-45-47-49-51-53-55-57-59-63(67)64-61(60-65)62(66)58-56-54-52-50-48-46-44-42-40-38-26-24-22-20-18-16-14-12-10-8-6-4-2/h5,7,11,13,17,19,23,25,28-29,31-32,56,58,61-62,65-66H,3-4,6,8-10,12,14-16,18,20-22,24,26-27,30,33-55,57,59-60H2,1-2H3,(H,64,67)/b7-5-,13-11-,19-17-,25-23-,29-28-,32-31-,58-56+. The smallest absolute Gasteiger partial charge is 0.220 e. The van der Waals surface area contributed by atoms with Gasteiger partial charge in [-0.3, -0.25) is 4.79 Å². The number of allylic oxidation sites excluding steroid dienone is 13. The summed E-state index contributed by atoms with van der Waals surface area (Å²) in [5.41, 5.74) is 0. The van der Waals surface area contributed by atoms with Crippen molar-refractivity contribution in [1.29, 1.82) is 0 Å². The Balaban J connectivity index is 3.52. The second kappa shape index (κ2) is 57.9. The summed E-state index contributed by atoms with van der Waals surface area (Å²) in [6.45, 7) is 4.21. The highest BCUT2D eigenvalue weighted by Crippen LogP contribution is 2.17. The maximum Gasteiger partial charge on any atom is 0.220 e. The number of hydrogen-bond donors (Lipinski definition) is 3. The molecule has 0 aliphatic rings. The lowest BCUT2D eigenvalue weighted by molar-refractivity contribution is -0.123. The highest BCUT2D eigenvalue weighted by molar-refractivity contribution is 5.76. The van der Waals surface area contributed by atoms with Crippen LogP contribution >= 0.6 is 0 Å². The minimum absolute atomic E-state index is 0.0644. The lowest BCUT2D eigenvalue weighted by atomic mass is 10.0. The number of rotatable bonds is 53. The van der Waals surface area contributed by atoms with Crippen molar-refractivity contribution < 1.29 is 15.0 Å². The molecule has 0 saturated carbocycles. The maximum absolute atomic E-state index is 12.5. The molecule has 0 heterocycles. The lowest BCUT2D eigenvalue weighted by Crippen LogP contribution is -2.45. The number of nitrogens with one attached hydrogen (secondary N) is 1. The summed E-state index contributed by atoms with van der Waals surface area (Å²) < 4.78 is 0. The number of hydrogen-bond acceptors (Lipinski definition) is 3. The van der Waals surface area contributed by atoms with Gasteiger partial charge in [-0.15, -0.1) is 0 Å². The maximum atomic E-state index is 12.5. The number of carbonyl (C=O) groups is 1. The molecule has 388 valence electrons. The van der Waals surface area contributed by atoms with Crippen molar-refractivity contribution in [2.45, 2.75) is 302 Å². The van der Waals surface area contributed by atoms with E-state index < -0.39 is 12.1 Å². The van der Waals surface area contributed by atoms with Crippen LogP contribution in [0, 0.1) is 0 Å². The molecule has 4 heteroatoms. The van der Waals surface area contributed by atoms with Gasteiger partial charge < -0.3 is 15.5 Å². The van der Waals surface area contributed by atoms with Crippen molar-refractivity contribution in [2.24, 2.45) is 0 Å². The normalized spacial score (nSPS) is 13.4. The zero-order valence-electron chi connectivity index (χ0n) is 44.7. The van der Waals surface area contributed by atoms with Gasteiger partial charge in [-0.2, -0.15) is 0 Å². The number of aliphatic hydroxyl groups is 2. The molecule has 0 aromatic heterocycles. The zero-order valence-corrected chi connectivity index (χ0v) is 44.7. The molecule has 0 fully saturated rings. The third-order valence-corrected chi connectivity index (χ3v) is 13.1. The van der Waals surface area contributed by atoms with Crippen molar-refractivity contribution >= 4 is 5.91 Å². The predicted molar refractivity (Wildman–Crippen MR) is 299 cm³/mol. The summed E-state index contributed by atoms with van der Waals surface area (Å²) in [4.78, 5) is 12.5. The van der Waals surface area contributed by atoms with Crippen LogP contribution in [0.15, 0.2) is 85.1 Å². The quantitative estimate of drug-likeness (QED) is 0.0420. The Hall–Kier alpha value is -2.43. The molecule has 0 rings (SSSR count). The first-order valence-corrected chi connectivity index (χ1v) is 29.3. The molecular formula is C63H113NO3. The Kier molecular flexibility index (Phi) is 55.8. The molecule has 0 aliphatic heterocycles. The summed E-state index contributed by atoms with van der Waals surface area (Å²) in [6, 6.07) is -0.627. The van der Waals surface area contributed by atoms with Gasteiger partial charge in [0, 0.05) is 6.42 Å². The first kappa shape index (κ1) is 64.6. The van der Waals surface area contributed by atoms with Crippen molar-refractivity contribution in [3.63, 3.8) is 0 Å². The summed E-state index contributed by atoms with van der Waals surface area (Å²) in [6.07, 6.45) is 84.6. The van der Waals surface area contributed by atoms with Crippen molar-refractivity contribution in [1.82, 2.24) is 5.32 Å². The SMILES string of the molecule is CC/C=C\C/C=C\C/C=C\C/C=C\C/C=C\C/C=C\CCCCCCCCCCCCCCCCC(=O)NC(CO)C(O)/C=C/CCCCCCCCCCCCCCCCCCCCCC. The van der Waals surface area contributed by atoms with Crippen LogP contribution in [0.25, 0.3) is 0 Å². The highest BCUT2D eigenvalue weighted by Gasteiger charge is 2.18. The van der Waals surface area contributed by atoms with E-state index in [-0.39, 0.29) is 12.5 Å². The van der Waals surface area contributed by atoms with Crippen LogP contribution in [-0.2, 0) is 4.79 Å². The topological polar surface area (TPSA) is 69.6 Å². The van der Waals surface area contributed by atoms with E-state index in [0.717, 1.165) is 64.2 Å². The number of amides is 1. The fourth-order valence-corrected chi connectivity index (χ4v) is 8.71. The van der Waals surface area contributed by atoms with Crippen LogP contribution in [0.5, 0.6) is 0 Å². The molecule has 0 aromatic carbocycles. The van der Waals surface area contributed by atoms with Crippen LogP contribution in [0.3, 0.4) is 0 Å². The first-order chi connectivity index (χ1) is 33.2. The van der Waals surface area contributed by atoms with E-state index in [1.165, 1.54) is 205 Å². The van der Waals surface area contributed by atoms with Crippen LogP contribution in [0.4, 0.5) is 0 Å². The molecule has 3 N–H and O–H groups in total. The Morgan fingerprint density at radius 2 is 0.657 bits per heavy atom. The summed E-state index contributed by atoms with van der Waals surface area (Å²) in [5, 5.41) is 23.2. The first-order valence-electron chi connectivity index (χ1n) is 29.3. The van der Waals surface area contributed by atoms with Gasteiger partial charge in [0.25, 0.3) is 0 Å². The monoisotopic (exact) mass is 932 g/mol. The number of aliphatic hydroxyl groups excluding tert-OH is 2. The summed E-state index contributed by atoms with van der Waals surface area (Å²) in [5.74, 6) is -0.0644. The zero-order chi connectivity index (χ0) is 48.5. The van der Waals surface area contributed by atoms with E-state index in [4.69, 9.17) is 0 Å². The van der Waals surface area contributed by atoms with Crippen LogP contribution in [0.1, 0.15) is 290 Å². The Labute approximate surface area is 418 Å². The van der Waals surface area contributed by atoms with E-state index in [9.17, 15) is 15.0 Å². The average Bonchev–Trinajstić information content (AvgIpc) is 3.33. The van der Waals surface area contributed by atoms with Crippen molar-refractivity contribution in [3.05, 3.63) is 85.1 Å². The van der Waals surface area contributed by atoms with Gasteiger partial charge in [0.1, 0.15) is 0 Å². The van der Waals surface area contributed by atoms with Crippen LogP contribution in [-0.4, -0.2) is 34.9 Å². The molecule has 0 bridgehead atoms. The highest BCUT2D eigenvalue weighted by atomic mass is 16.3. The molecule has 67 heavy (non-hydrogen) atoms. The summed E-state index contributed by atoms with van der Waals surface area (Å²) >= 11 is 0. The van der Waals surface area contributed by atoms with Gasteiger partial charge in [-0.1, -0.05) is 298 Å². The molecule has 0 radical (unpaired) electrons. The van der Waals surface area contributed by atoms with Gasteiger partial charge in [0.05, 0.1) is 18.8 Å². The van der Waals surface area contributed by atoms with E-state index in [1.54, 1.807) is 6.08 Å². The number of unbranched alkanes of at least 4 members (excludes halogenated alkanes) is 34. The summed E-state index contributed by atoms with van der Waals surface area (Å²) in [7, 11) is 0. The fourth-order valence-electron chi connectivity index (χ4n) is 8.71. The largest absolute Gasteiger partial charge is 0.394 e. The van der Waals surface area contributed by atoms with E-state index >= 15 is 0 Å². The van der Waals surface area contributed by atoms with Gasteiger partial charge in [0.15, 0.2) is 0 Å². The average molecular weight is 933 g/mol. The second-order valence-corrected chi connectivity index (χ2v) is 19.7. The minimum atomic E-state index is -0.844. The molecule has 0 aromatic rings. The fraction of sp³-hybridized carbons (Fsp3) is 0.762. The van der Waals surface area contributed by atoms with Crippen LogP contribution in [0.2, 0.25) is 0 Å². The van der Waals surface area contributed by atoms with Gasteiger partial charge >= 0.3 is 0 Å². The van der Waals surface area contributed by atoms with E-state index in [0.29, 0.717) is 6.42 Å². The molecule has 0 saturated heterocycles. The number of carbonyl (C=O) groups excluding carboxylic acids is 1. The Morgan fingerprint density at radius 3 is 0.985 bits per heavy atom. The third kappa shape index (κ3) is 54.4. The van der Waals surface area contributed by atoms with Crippen molar-refractivity contribution in [2.75, 3.05) is 6.61 Å². The predicted octanol–water partition coefficient (Wildman–Crippen LogP) is 19.5. The van der Waals surface area contributed by atoms with Gasteiger partial charge in [0.2, 0.25) is 5.91 Å². The molecule has 2 atom stereocenters. The molecule has 4 nitrogen and oxygen atoms in total. The minimum Gasteiger partial charge on any atom is -0.394 e. The van der Waals surface area contributed by atoms with Crippen molar-refractivity contribution in [3.8, 4) is 0 Å². The Morgan fingerprint density at radius 1 is 0.373 bits per heavy atom. The molecule has 1 amide bonds. The molecule has 0 aliphatic carbocycles. The second-order valence-electron chi connectivity index (χ2n) is 19.7. The molecule has 0 spiro atoms. The lowest BCUT2D eigenvalue weighted by Gasteiger charge is -2.20. The van der Waals surface area contributed by atoms with E-state index in [2.05, 4.69) is 92.1 Å². The van der Waals surface area contributed by atoms with Gasteiger partial charge in [-0.25, -0.2) is 0 Å². The molecule has 2 unspecified atom stereocenters.